The highest BCUT2D eigenvalue weighted by Crippen LogP contribution is 2.40. The summed E-state index contributed by atoms with van der Waals surface area (Å²) in [5.74, 6) is 0.159. The summed E-state index contributed by atoms with van der Waals surface area (Å²) < 4.78 is 0. The van der Waals surface area contributed by atoms with Crippen LogP contribution in [0.1, 0.15) is 31.7 Å². The molecule has 4 rings (SSSR count). The van der Waals surface area contributed by atoms with Crippen LogP contribution in [0.4, 0.5) is 17.1 Å². The summed E-state index contributed by atoms with van der Waals surface area (Å²) in [7, 11) is 0. The highest BCUT2D eigenvalue weighted by Gasteiger charge is 2.48. The third-order valence-electron chi connectivity index (χ3n) is 6.03. The summed E-state index contributed by atoms with van der Waals surface area (Å²) in [6.07, 6.45) is 3.06. The molecular formula is C24H29N3O2. The summed E-state index contributed by atoms with van der Waals surface area (Å²) in [6, 6.07) is 15.7. The van der Waals surface area contributed by atoms with Crippen molar-refractivity contribution >= 4 is 28.9 Å². The van der Waals surface area contributed by atoms with Crippen LogP contribution in [0.15, 0.2) is 48.5 Å². The number of rotatable bonds is 5. The molecule has 1 saturated carbocycles. The molecular weight excluding hydrogens is 362 g/mol. The van der Waals surface area contributed by atoms with E-state index < -0.39 is 0 Å². The molecule has 2 N–H and O–H groups in total. The molecule has 2 atom stereocenters. The van der Waals surface area contributed by atoms with Crippen LogP contribution < -0.4 is 15.5 Å². The van der Waals surface area contributed by atoms with E-state index in [2.05, 4.69) is 34.6 Å². The Labute approximate surface area is 172 Å². The number of aryl methyl sites for hydroxylation is 1. The molecule has 2 fully saturated rings. The van der Waals surface area contributed by atoms with E-state index in [1.54, 1.807) is 0 Å². The van der Waals surface area contributed by atoms with Crippen LogP contribution in [0.2, 0.25) is 0 Å². The minimum atomic E-state index is -0.247. The van der Waals surface area contributed by atoms with Gasteiger partial charge < -0.3 is 15.5 Å². The Kier molecular flexibility index (Phi) is 5.56. The van der Waals surface area contributed by atoms with Crippen LogP contribution in [-0.4, -0.2) is 24.9 Å². The van der Waals surface area contributed by atoms with Gasteiger partial charge in [-0.05, 0) is 74.1 Å². The fourth-order valence-corrected chi connectivity index (χ4v) is 3.99. The zero-order valence-corrected chi connectivity index (χ0v) is 17.2. The van der Waals surface area contributed by atoms with Crippen molar-refractivity contribution in [1.82, 2.24) is 0 Å². The largest absolute Gasteiger partial charge is 0.372 e. The molecule has 1 heterocycles. The first kappa shape index (κ1) is 19.5. The third-order valence-corrected chi connectivity index (χ3v) is 6.03. The second kappa shape index (κ2) is 8.27. The average Bonchev–Trinajstić information content (AvgIpc) is 3.51. The lowest BCUT2D eigenvalue weighted by Gasteiger charge is -2.32. The number of hydrogen-bond acceptors (Lipinski definition) is 3. The van der Waals surface area contributed by atoms with E-state index in [0.29, 0.717) is 6.42 Å². The van der Waals surface area contributed by atoms with E-state index >= 15 is 0 Å². The quantitative estimate of drug-likeness (QED) is 0.792. The molecule has 1 aliphatic carbocycles. The van der Waals surface area contributed by atoms with E-state index in [0.717, 1.165) is 35.9 Å². The van der Waals surface area contributed by atoms with Gasteiger partial charge in [0.1, 0.15) is 0 Å². The molecule has 2 aliphatic rings. The molecule has 2 aromatic carbocycles. The lowest BCUT2D eigenvalue weighted by Crippen LogP contribution is -2.32. The predicted octanol–water partition coefficient (Wildman–Crippen LogP) is 4.44. The second-order valence-electron chi connectivity index (χ2n) is 8.51. The van der Waals surface area contributed by atoms with E-state index in [-0.39, 0.29) is 23.7 Å². The van der Waals surface area contributed by atoms with Gasteiger partial charge in [-0.15, -0.1) is 0 Å². The molecule has 5 nitrogen and oxygen atoms in total. The molecule has 5 heteroatoms. The first-order valence-corrected chi connectivity index (χ1v) is 10.5. The maximum absolute atomic E-state index is 12.5. The van der Waals surface area contributed by atoms with Crippen molar-refractivity contribution in [3.05, 3.63) is 54.1 Å². The standard InChI is InChI=1S/C24H29N3O2/c1-16-10-12-27(13-11-16)20-8-6-18(7-9-20)25-23(28)21-15-22(21)24(29)26-19-5-3-4-17(2)14-19/h3-9,14,16,21-22H,10-13,15H2,1-2H3,(H,25,28)(H,26,29). The molecule has 29 heavy (non-hydrogen) atoms. The zero-order chi connectivity index (χ0) is 20.4. The van der Waals surface area contributed by atoms with Gasteiger partial charge in [-0.2, -0.15) is 0 Å². The van der Waals surface area contributed by atoms with Gasteiger partial charge in [0.25, 0.3) is 0 Å². The molecule has 0 bridgehead atoms. The highest BCUT2D eigenvalue weighted by molar-refractivity contribution is 6.03. The van der Waals surface area contributed by atoms with Crippen molar-refractivity contribution in [2.24, 2.45) is 17.8 Å². The van der Waals surface area contributed by atoms with Crippen molar-refractivity contribution in [2.75, 3.05) is 28.6 Å². The summed E-state index contributed by atoms with van der Waals surface area (Å²) in [6.45, 7) is 6.47. The Hall–Kier alpha value is -2.82. The van der Waals surface area contributed by atoms with Gasteiger partial charge in [0.05, 0.1) is 11.8 Å². The molecule has 0 spiro atoms. The van der Waals surface area contributed by atoms with E-state index in [4.69, 9.17) is 0 Å². The number of hydrogen-bond donors (Lipinski definition) is 2. The number of nitrogens with one attached hydrogen (secondary N) is 2. The Morgan fingerprint density at radius 3 is 2.14 bits per heavy atom. The molecule has 2 amide bonds. The van der Waals surface area contributed by atoms with Gasteiger partial charge in [-0.3, -0.25) is 9.59 Å². The van der Waals surface area contributed by atoms with E-state index in [1.165, 1.54) is 18.5 Å². The SMILES string of the molecule is Cc1cccc(NC(=O)C2CC2C(=O)Nc2ccc(N3CCC(C)CC3)cc2)c1. The number of anilines is 3. The summed E-state index contributed by atoms with van der Waals surface area (Å²) in [4.78, 5) is 27.3. The molecule has 2 aromatic rings. The number of carbonyl (C=O) groups is 2. The smallest absolute Gasteiger partial charge is 0.228 e. The third kappa shape index (κ3) is 4.78. The van der Waals surface area contributed by atoms with Crippen molar-refractivity contribution in [2.45, 2.75) is 33.1 Å². The first-order valence-electron chi connectivity index (χ1n) is 10.5. The van der Waals surface area contributed by atoms with Gasteiger partial charge >= 0.3 is 0 Å². The van der Waals surface area contributed by atoms with Gasteiger partial charge in [-0.1, -0.05) is 19.1 Å². The lowest BCUT2D eigenvalue weighted by atomic mass is 9.99. The molecule has 0 radical (unpaired) electrons. The minimum absolute atomic E-state index is 0.0751. The lowest BCUT2D eigenvalue weighted by molar-refractivity contribution is -0.122. The highest BCUT2D eigenvalue weighted by atomic mass is 16.2. The van der Waals surface area contributed by atoms with Crippen LogP contribution in [0.25, 0.3) is 0 Å². The van der Waals surface area contributed by atoms with Crippen LogP contribution >= 0.6 is 0 Å². The van der Waals surface area contributed by atoms with Crippen LogP contribution in [0.5, 0.6) is 0 Å². The Balaban J connectivity index is 1.28. The van der Waals surface area contributed by atoms with Crippen molar-refractivity contribution < 1.29 is 9.59 Å². The average molecular weight is 392 g/mol. The fraction of sp³-hybridized carbons (Fsp3) is 0.417. The van der Waals surface area contributed by atoms with Crippen LogP contribution in [-0.2, 0) is 9.59 Å². The molecule has 1 saturated heterocycles. The predicted molar refractivity (Wildman–Crippen MR) is 117 cm³/mol. The normalized spacial score (nSPS) is 21.5. The van der Waals surface area contributed by atoms with Crippen molar-refractivity contribution in [1.29, 1.82) is 0 Å². The number of piperidine rings is 1. The Bertz CT molecular complexity index is 885. The number of amides is 2. The number of nitrogens with zero attached hydrogens (tertiary/aromatic N) is 1. The van der Waals surface area contributed by atoms with Crippen molar-refractivity contribution in [3.63, 3.8) is 0 Å². The van der Waals surface area contributed by atoms with Gasteiger partial charge in [0.2, 0.25) is 11.8 Å². The summed E-state index contributed by atoms with van der Waals surface area (Å²) in [5.41, 5.74) is 3.87. The van der Waals surface area contributed by atoms with E-state index in [9.17, 15) is 9.59 Å². The first-order chi connectivity index (χ1) is 14.0. The van der Waals surface area contributed by atoms with Crippen LogP contribution in [0.3, 0.4) is 0 Å². The topological polar surface area (TPSA) is 61.4 Å². The maximum atomic E-state index is 12.5. The van der Waals surface area contributed by atoms with Gasteiger partial charge in [0, 0.05) is 30.2 Å². The molecule has 152 valence electrons. The molecule has 0 aromatic heterocycles. The Morgan fingerprint density at radius 2 is 1.52 bits per heavy atom. The van der Waals surface area contributed by atoms with Crippen LogP contribution in [0, 0.1) is 24.7 Å². The monoisotopic (exact) mass is 391 g/mol. The zero-order valence-electron chi connectivity index (χ0n) is 17.2. The number of benzene rings is 2. The number of carbonyl (C=O) groups excluding carboxylic acids is 2. The summed E-state index contributed by atoms with van der Waals surface area (Å²) >= 11 is 0. The van der Waals surface area contributed by atoms with Gasteiger partial charge in [0.15, 0.2) is 0 Å². The van der Waals surface area contributed by atoms with E-state index in [1.807, 2.05) is 43.3 Å². The molecule has 1 aliphatic heterocycles. The molecule has 2 unspecified atom stereocenters. The fourth-order valence-electron chi connectivity index (χ4n) is 3.99. The van der Waals surface area contributed by atoms with Crippen molar-refractivity contribution in [3.8, 4) is 0 Å². The second-order valence-corrected chi connectivity index (χ2v) is 8.51. The summed E-state index contributed by atoms with van der Waals surface area (Å²) in [5, 5.41) is 5.88. The van der Waals surface area contributed by atoms with Gasteiger partial charge in [-0.25, -0.2) is 0 Å². The maximum Gasteiger partial charge on any atom is 0.228 e. The Morgan fingerprint density at radius 1 is 0.897 bits per heavy atom. The minimum Gasteiger partial charge on any atom is -0.372 e.